The fourth-order valence-electron chi connectivity index (χ4n) is 3.69. The molecule has 2 aliphatic heterocycles. The zero-order chi connectivity index (χ0) is 28.1. The Kier molecular flexibility index (Phi) is 8.39. The third-order valence-corrected chi connectivity index (χ3v) is 7.68. The van der Waals surface area contributed by atoms with Gasteiger partial charge in [0.25, 0.3) is 11.8 Å². The van der Waals surface area contributed by atoms with Crippen LogP contribution in [0.3, 0.4) is 0 Å². The number of aliphatic carboxylic acids is 2. The standard InChI is InChI=1S/C20H19N9O8S2/c1-37-25-13(10-3-2-4-11(22-10)21-8-30)16(33)23-14-17(34)29-15(19(35)36)9(6-38-18(14)29)7-39-20-24-26-27-28(20)5-12(31)32/h2-4,8,14,18H,5-7H2,1H3,(H,23,33)(H,31,32)(H,35,36)(H,21,22,30)/b25-13-/t14?,18-/m1/s1. The van der Waals surface area contributed by atoms with E-state index in [2.05, 4.69) is 36.3 Å². The molecule has 4 rings (SSSR count). The molecule has 0 bridgehead atoms. The van der Waals surface area contributed by atoms with E-state index in [9.17, 15) is 29.1 Å². The summed E-state index contributed by atoms with van der Waals surface area (Å²) in [5.41, 5.74) is -0.0118. The van der Waals surface area contributed by atoms with Crippen molar-refractivity contribution in [1.82, 2.24) is 35.4 Å². The summed E-state index contributed by atoms with van der Waals surface area (Å²) in [4.78, 5) is 69.8. The number of β-lactam (4-membered cyclic amide) rings is 1. The van der Waals surface area contributed by atoms with Crippen LogP contribution in [-0.2, 0) is 35.4 Å². The van der Waals surface area contributed by atoms with Crippen LogP contribution in [0.15, 0.2) is 39.8 Å². The van der Waals surface area contributed by atoms with Crippen molar-refractivity contribution in [2.24, 2.45) is 5.16 Å². The highest BCUT2D eigenvalue weighted by Gasteiger charge is 2.54. The number of carbonyl (C=O) groups is 5. The first-order valence-electron chi connectivity index (χ1n) is 10.9. The van der Waals surface area contributed by atoms with Gasteiger partial charge < -0.3 is 25.7 Å². The van der Waals surface area contributed by atoms with Gasteiger partial charge in [0, 0.05) is 11.5 Å². The van der Waals surface area contributed by atoms with Crippen molar-refractivity contribution in [2.45, 2.75) is 23.1 Å². The molecule has 4 N–H and O–H groups in total. The molecule has 17 nitrogen and oxygen atoms in total. The summed E-state index contributed by atoms with van der Waals surface area (Å²) in [6.45, 7) is -0.468. The normalized spacial score (nSPS) is 18.6. The van der Waals surface area contributed by atoms with Crippen molar-refractivity contribution in [1.29, 1.82) is 0 Å². The Morgan fingerprint density at radius 2 is 2.13 bits per heavy atom. The van der Waals surface area contributed by atoms with Crippen LogP contribution < -0.4 is 10.6 Å². The fourth-order valence-corrected chi connectivity index (χ4v) is 6.05. The zero-order valence-corrected chi connectivity index (χ0v) is 21.5. The minimum Gasteiger partial charge on any atom is -0.480 e. The van der Waals surface area contributed by atoms with Crippen LogP contribution in [0.1, 0.15) is 5.69 Å². The summed E-state index contributed by atoms with van der Waals surface area (Å²) in [5, 5.41) is 37.7. The molecule has 2 aliphatic rings. The lowest BCUT2D eigenvalue weighted by molar-refractivity contribution is -0.150. The van der Waals surface area contributed by atoms with E-state index in [-0.39, 0.29) is 39.6 Å². The Labute approximate surface area is 227 Å². The van der Waals surface area contributed by atoms with Crippen molar-refractivity contribution in [3.05, 3.63) is 35.2 Å². The smallest absolute Gasteiger partial charge is 0.352 e. The lowest BCUT2D eigenvalue weighted by Crippen LogP contribution is -2.71. The highest BCUT2D eigenvalue weighted by Crippen LogP contribution is 2.41. The number of carbonyl (C=O) groups excluding carboxylic acids is 3. The van der Waals surface area contributed by atoms with Crippen molar-refractivity contribution in [2.75, 3.05) is 23.9 Å². The van der Waals surface area contributed by atoms with Gasteiger partial charge in [-0.1, -0.05) is 23.0 Å². The van der Waals surface area contributed by atoms with E-state index in [1.165, 1.54) is 37.1 Å². The molecule has 1 saturated heterocycles. The molecule has 3 amide bonds. The lowest BCUT2D eigenvalue weighted by Gasteiger charge is -2.49. The van der Waals surface area contributed by atoms with E-state index in [1.54, 1.807) is 0 Å². The summed E-state index contributed by atoms with van der Waals surface area (Å²) in [6.07, 6.45) is 0.416. The van der Waals surface area contributed by atoms with Gasteiger partial charge in [0.05, 0.1) is 0 Å². The Hall–Kier alpha value is -4.52. The zero-order valence-electron chi connectivity index (χ0n) is 19.9. The number of amides is 3. The molecule has 2 aromatic rings. The van der Waals surface area contributed by atoms with Crippen LogP contribution >= 0.6 is 23.5 Å². The minimum absolute atomic E-state index is 0.0665. The maximum Gasteiger partial charge on any atom is 0.352 e. The number of aromatic nitrogens is 5. The van der Waals surface area contributed by atoms with E-state index in [0.717, 1.165) is 21.3 Å². The minimum atomic E-state index is -1.33. The van der Waals surface area contributed by atoms with E-state index in [4.69, 9.17) is 9.94 Å². The molecule has 0 spiro atoms. The Morgan fingerprint density at radius 3 is 2.82 bits per heavy atom. The van der Waals surface area contributed by atoms with Crippen molar-refractivity contribution < 1.29 is 39.0 Å². The maximum atomic E-state index is 13.0. The largest absolute Gasteiger partial charge is 0.480 e. The summed E-state index contributed by atoms with van der Waals surface area (Å²) in [5.74, 6) is -3.45. The monoisotopic (exact) mass is 577 g/mol. The number of carboxylic acid groups (broad SMARTS) is 2. The number of oxime groups is 1. The SMILES string of the molecule is CO/N=C(\C(=O)NC1C(=O)N2C(C(=O)O)=C(CSc3nnnn3CC(=O)O)CS[C@H]12)c1cccc(NC=O)n1. The highest BCUT2D eigenvalue weighted by molar-refractivity contribution is 8.01. The van der Waals surface area contributed by atoms with Gasteiger partial charge >= 0.3 is 11.9 Å². The van der Waals surface area contributed by atoms with Crippen LogP contribution in [0, 0.1) is 0 Å². The van der Waals surface area contributed by atoms with Crippen molar-refractivity contribution in [3.8, 4) is 0 Å². The third-order valence-electron chi connectivity index (χ3n) is 5.29. The van der Waals surface area contributed by atoms with E-state index < -0.39 is 41.7 Å². The number of hydrogen-bond donors (Lipinski definition) is 4. The first-order chi connectivity index (χ1) is 18.7. The number of nitrogens with zero attached hydrogens (tertiary/aromatic N) is 7. The molecule has 39 heavy (non-hydrogen) atoms. The predicted molar refractivity (Wildman–Crippen MR) is 133 cm³/mol. The van der Waals surface area contributed by atoms with E-state index in [0.29, 0.717) is 12.0 Å². The fraction of sp³-hybridized carbons (Fsp3) is 0.300. The third kappa shape index (κ3) is 5.82. The van der Waals surface area contributed by atoms with Crippen LogP contribution in [-0.4, -0.2) is 106 Å². The number of tetrazole rings is 1. The highest BCUT2D eigenvalue weighted by atomic mass is 32.2. The predicted octanol–water partition coefficient (Wildman–Crippen LogP) is -1.40. The van der Waals surface area contributed by atoms with Crippen molar-refractivity contribution >= 4 is 65.2 Å². The lowest BCUT2D eigenvalue weighted by atomic mass is 10.0. The van der Waals surface area contributed by atoms with Crippen LogP contribution in [0.2, 0.25) is 0 Å². The first kappa shape index (κ1) is 27.5. The van der Waals surface area contributed by atoms with Gasteiger partial charge in [-0.3, -0.25) is 24.1 Å². The molecule has 0 aromatic carbocycles. The molecule has 0 aliphatic carbocycles. The molecule has 2 aromatic heterocycles. The van der Waals surface area contributed by atoms with Crippen molar-refractivity contribution in [3.63, 3.8) is 0 Å². The van der Waals surface area contributed by atoms with E-state index >= 15 is 0 Å². The number of carboxylic acids is 2. The van der Waals surface area contributed by atoms with E-state index in [1.807, 2.05) is 0 Å². The molecule has 0 radical (unpaired) electrons. The second kappa shape index (κ2) is 11.9. The molecule has 204 valence electrons. The molecule has 19 heteroatoms. The number of rotatable bonds is 12. The summed E-state index contributed by atoms with van der Waals surface area (Å²) >= 11 is 2.28. The van der Waals surface area contributed by atoms with Gasteiger partial charge in [-0.05, 0) is 28.1 Å². The summed E-state index contributed by atoms with van der Waals surface area (Å²) < 4.78 is 1.06. The first-order valence-corrected chi connectivity index (χ1v) is 12.9. The van der Waals surface area contributed by atoms with Gasteiger partial charge in [0.15, 0.2) is 5.71 Å². The van der Waals surface area contributed by atoms with Crippen LogP contribution in [0.4, 0.5) is 5.82 Å². The number of thioether (sulfide) groups is 2. The number of anilines is 1. The number of hydrogen-bond acceptors (Lipinski definition) is 13. The average molecular weight is 578 g/mol. The average Bonchev–Trinajstić information content (AvgIpc) is 3.34. The van der Waals surface area contributed by atoms with Gasteiger partial charge in [0.1, 0.15) is 42.3 Å². The quantitative estimate of drug-likeness (QED) is 0.0747. The Morgan fingerprint density at radius 1 is 1.33 bits per heavy atom. The number of nitrogens with one attached hydrogen (secondary N) is 2. The summed E-state index contributed by atoms with van der Waals surface area (Å²) in [7, 11) is 1.22. The number of fused-ring (bicyclic) bond motifs is 1. The Bertz CT molecular complexity index is 1390. The molecule has 1 unspecified atom stereocenters. The maximum absolute atomic E-state index is 13.0. The molecule has 0 saturated carbocycles. The van der Waals surface area contributed by atoms with Crippen LogP contribution in [0.5, 0.6) is 0 Å². The second-order valence-corrected chi connectivity index (χ2v) is 9.76. The topological polar surface area (TPSA) is 231 Å². The molecule has 2 atom stereocenters. The molecule has 1 fully saturated rings. The molecular weight excluding hydrogens is 558 g/mol. The van der Waals surface area contributed by atoms with Gasteiger partial charge in [-0.15, -0.1) is 16.9 Å². The second-order valence-electron chi connectivity index (χ2n) is 7.71. The summed E-state index contributed by atoms with van der Waals surface area (Å²) in [6, 6.07) is 3.43. The molecular formula is C20H19N9O8S2. The Balaban J connectivity index is 1.49. The van der Waals surface area contributed by atoms with Gasteiger partial charge in [-0.2, -0.15) is 0 Å². The number of pyridine rings is 1. The van der Waals surface area contributed by atoms with Gasteiger partial charge in [0.2, 0.25) is 11.6 Å². The molecule has 4 heterocycles. The van der Waals surface area contributed by atoms with Crippen LogP contribution in [0.25, 0.3) is 0 Å². The van der Waals surface area contributed by atoms with Gasteiger partial charge in [-0.25, -0.2) is 14.5 Å².